The summed E-state index contributed by atoms with van der Waals surface area (Å²) in [5, 5.41) is 10.6. The molecule has 0 saturated carbocycles. The Labute approximate surface area is 171 Å². The molecule has 4 heterocycles. The second kappa shape index (κ2) is 8.60. The van der Waals surface area contributed by atoms with Gasteiger partial charge in [-0.15, -0.1) is 34.0 Å². The fourth-order valence-electron chi connectivity index (χ4n) is 3.12. The molecule has 0 atom stereocenters. The summed E-state index contributed by atoms with van der Waals surface area (Å²) in [7, 11) is 0. The lowest BCUT2D eigenvalue weighted by molar-refractivity contribution is -0.115. The van der Waals surface area contributed by atoms with Gasteiger partial charge in [0.15, 0.2) is 5.13 Å². The van der Waals surface area contributed by atoms with Crippen LogP contribution < -0.4 is 5.32 Å². The van der Waals surface area contributed by atoms with Gasteiger partial charge >= 0.3 is 0 Å². The maximum atomic E-state index is 12.3. The van der Waals surface area contributed by atoms with Crippen LogP contribution in [0.5, 0.6) is 0 Å². The van der Waals surface area contributed by atoms with Crippen LogP contribution in [0.1, 0.15) is 31.2 Å². The van der Waals surface area contributed by atoms with Crippen molar-refractivity contribution in [1.82, 2.24) is 14.9 Å². The molecule has 5 nitrogen and oxygen atoms in total. The molecule has 0 bridgehead atoms. The van der Waals surface area contributed by atoms with E-state index in [0.29, 0.717) is 5.13 Å². The summed E-state index contributed by atoms with van der Waals surface area (Å²) in [5.41, 5.74) is 1.85. The Bertz CT molecular complexity index is 879. The number of nitrogens with one attached hydrogen (secondary N) is 1. The van der Waals surface area contributed by atoms with Crippen molar-refractivity contribution in [3.8, 4) is 9.88 Å². The highest BCUT2D eigenvalue weighted by atomic mass is 32.1. The van der Waals surface area contributed by atoms with E-state index in [9.17, 15) is 4.79 Å². The van der Waals surface area contributed by atoms with Crippen molar-refractivity contribution in [2.75, 3.05) is 18.4 Å². The first-order valence-electron chi connectivity index (χ1n) is 9.10. The fourth-order valence-corrected chi connectivity index (χ4v) is 5.47. The maximum Gasteiger partial charge on any atom is 0.232 e. The third-order valence-corrected chi connectivity index (χ3v) is 7.42. The van der Waals surface area contributed by atoms with Gasteiger partial charge in [0.05, 0.1) is 22.7 Å². The van der Waals surface area contributed by atoms with Crippen LogP contribution >= 0.6 is 34.0 Å². The third kappa shape index (κ3) is 5.01. The minimum atomic E-state index is -0.0641. The minimum Gasteiger partial charge on any atom is -0.302 e. The molecule has 1 aliphatic rings. The smallest absolute Gasteiger partial charge is 0.232 e. The monoisotopic (exact) mass is 418 g/mol. The number of hydrogen-bond acceptors (Lipinski definition) is 7. The molecule has 3 aromatic rings. The molecule has 0 spiro atoms. The number of aromatic nitrogens is 2. The molecule has 1 aliphatic heterocycles. The van der Waals surface area contributed by atoms with Crippen molar-refractivity contribution in [2.45, 2.75) is 32.7 Å². The van der Waals surface area contributed by atoms with Gasteiger partial charge in [0.2, 0.25) is 5.91 Å². The van der Waals surface area contributed by atoms with E-state index in [-0.39, 0.29) is 12.3 Å². The van der Waals surface area contributed by atoms with E-state index < -0.39 is 0 Å². The van der Waals surface area contributed by atoms with Crippen molar-refractivity contribution >= 4 is 45.0 Å². The Morgan fingerprint density at radius 1 is 1.19 bits per heavy atom. The molecular weight excluding hydrogens is 396 g/mol. The number of thiophene rings is 1. The lowest BCUT2D eigenvalue weighted by atomic mass is 9.99. The first-order chi connectivity index (χ1) is 13.2. The zero-order valence-corrected chi connectivity index (χ0v) is 17.6. The Morgan fingerprint density at radius 2 is 2.00 bits per heavy atom. The summed E-state index contributed by atoms with van der Waals surface area (Å²) in [4.78, 5) is 25.1. The number of carbonyl (C=O) groups excluding carboxylic acids is 1. The molecule has 0 unspecified atom stereocenters. The summed E-state index contributed by atoms with van der Waals surface area (Å²) >= 11 is 4.74. The molecule has 0 aliphatic carbocycles. The summed E-state index contributed by atoms with van der Waals surface area (Å²) in [6, 6.07) is 4.06. The number of rotatable bonds is 6. The van der Waals surface area contributed by atoms with Crippen LogP contribution in [-0.2, 0) is 17.8 Å². The van der Waals surface area contributed by atoms with E-state index in [1.54, 1.807) is 22.7 Å². The van der Waals surface area contributed by atoms with Crippen molar-refractivity contribution in [3.05, 3.63) is 39.7 Å². The SMILES string of the molecule is CC1CCN(Cc2csc(NC(=O)Cc3csc(-c4cccs4)n3)n2)CC1. The zero-order chi connectivity index (χ0) is 18.6. The first-order valence-corrected chi connectivity index (χ1v) is 11.7. The molecule has 1 saturated heterocycles. The summed E-state index contributed by atoms with van der Waals surface area (Å²) in [6.45, 7) is 5.46. The molecule has 8 heteroatoms. The van der Waals surface area contributed by atoms with Crippen LogP contribution in [0.2, 0.25) is 0 Å². The molecular formula is C19H22N4OS3. The molecule has 1 amide bonds. The standard InChI is InChI=1S/C19H22N4OS3/c1-13-4-6-23(7-5-13)10-15-12-27-19(21-15)22-17(24)9-14-11-26-18(20-14)16-3-2-8-25-16/h2-3,8,11-13H,4-7,9-10H2,1H3,(H,21,22,24). The van der Waals surface area contributed by atoms with Crippen LogP contribution in [0.25, 0.3) is 9.88 Å². The van der Waals surface area contributed by atoms with Gasteiger partial charge in [-0.3, -0.25) is 9.69 Å². The Morgan fingerprint density at radius 3 is 2.78 bits per heavy atom. The maximum absolute atomic E-state index is 12.3. The van der Waals surface area contributed by atoms with Gasteiger partial charge in [0.1, 0.15) is 5.01 Å². The van der Waals surface area contributed by atoms with Gasteiger partial charge in [-0.05, 0) is 43.3 Å². The van der Waals surface area contributed by atoms with E-state index in [0.717, 1.165) is 46.8 Å². The number of hydrogen-bond donors (Lipinski definition) is 1. The van der Waals surface area contributed by atoms with Crippen molar-refractivity contribution in [2.24, 2.45) is 5.92 Å². The molecule has 142 valence electrons. The fraction of sp³-hybridized carbons (Fsp3) is 0.421. The van der Waals surface area contributed by atoms with E-state index in [1.807, 2.05) is 28.3 Å². The molecule has 0 aromatic carbocycles. The van der Waals surface area contributed by atoms with Gasteiger partial charge in [-0.2, -0.15) is 0 Å². The Kier molecular flexibility index (Phi) is 5.97. The normalized spacial score (nSPS) is 15.9. The minimum absolute atomic E-state index is 0.0641. The van der Waals surface area contributed by atoms with Crippen LogP contribution in [-0.4, -0.2) is 33.9 Å². The topological polar surface area (TPSA) is 58.1 Å². The van der Waals surface area contributed by atoms with Crippen molar-refractivity contribution < 1.29 is 4.79 Å². The van der Waals surface area contributed by atoms with Gasteiger partial charge in [0, 0.05) is 17.3 Å². The average Bonchev–Trinajstić information content (AvgIpc) is 3.39. The van der Waals surface area contributed by atoms with Crippen molar-refractivity contribution in [3.63, 3.8) is 0 Å². The van der Waals surface area contributed by atoms with Crippen molar-refractivity contribution in [1.29, 1.82) is 0 Å². The molecule has 3 aromatic heterocycles. The Hall–Kier alpha value is -1.61. The Balaban J connectivity index is 1.29. The van der Waals surface area contributed by atoms with Crippen LogP contribution in [0.15, 0.2) is 28.3 Å². The molecule has 1 N–H and O–H groups in total. The molecule has 0 radical (unpaired) electrons. The second-order valence-corrected chi connectivity index (χ2v) is 9.61. The van der Waals surface area contributed by atoms with Crippen LogP contribution in [0, 0.1) is 5.92 Å². The van der Waals surface area contributed by atoms with Gasteiger partial charge in [-0.1, -0.05) is 13.0 Å². The highest BCUT2D eigenvalue weighted by Crippen LogP contribution is 2.28. The number of nitrogens with zero attached hydrogens (tertiary/aromatic N) is 3. The number of thiazole rings is 2. The lowest BCUT2D eigenvalue weighted by Gasteiger charge is -2.29. The summed E-state index contributed by atoms with van der Waals surface area (Å²) in [5.74, 6) is 0.767. The number of carbonyl (C=O) groups is 1. The second-order valence-electron chi connectivity index (χ2n) is 6.95. The lowest BCUT2D eigenvalue weighted by Crippen LogP contribution is -2.32. The predicted molar refractivity (Wildman–Crippen MR) is 114 cm³/mol. The average molecular weight is 419 g/mol. The van der Waals surface area contributed by atoms with E-state index in [4.69, 9.17) is 0 Å². The van der Waals surface area contributed by atoms with Gasteiger partial charge in [0.25, 0.3) is 0 Å². The zero-order valence-electron chi connectivity index (χ0n) is 15.2. The quantitative estimate of drug-likeness (QED) is 0.628. The first kappa shape index (κ1) is 18.7. The molecule has 4 rings (SSSR count). The summed E-state index contributed by atoms with van der Waals surface area (Å²) < 4.78 is 0. The largest absolute Gasteiger partial charge is 0.302 e. The van der Waals surface area contributed by atoms with E-state index >= 15 is 0 Å². The van der Waals surface area contributed by atoms with Gasteiger partial charge in [-0.25, -0.2) is 9.97 Å². The highest BCUT2D eigenvalue weighted by molar-refractivity contribution is 7.20. The number of amides is 1. The highest BCUT2D eigenvalue weighted by Gasteiger charge is 2.17. The van der Waals surface area contributed by atoms with Gasteiger partial charge < -0.3 is 5.32 Å². The number of piperidine rings is 1. The van der Waals surface area contributed by atoms with Crippen LogP contribution in [0.3, 0.4) is 0 Å². The summed E-state index contributed by atoms with van der Waals surface area (Å²) in [6.07, 6.45) is 2.80. The molecule has 1 fully saturated rings. The number of likely N-dealkylation sites (tertiary alicyclic amines) is 1. The van der Waals surface area contributed by atoms with E-state index in [2.05, 4.69) is 27.1 Å². The number of anilines is 1. The third-order valence-electron chi connectivity index (χ3n) is 4.69. The molecule has 27 heavy (non-hydrogen) atoms. The predicted octanol–water partition coefficient (Wildman–Crippen LogP) is 4.74. The van der Waals surface area contributed by atoms with Crippen LogP contribution in [0.4, 0.5) is 5.13 Å². The van der Waals surface area contributed by atoms with E-state index in [1.165, 1.54) is 24.2 Å².